The van der Waals surface area contributed by atoms with Gasteiger partial charge < -0.3 is 5.32 Å². The molecule has 2 aliphatic carbocycles. The third-order valence-electron chi connectivity index (χ3n) is 6.41. The van der Waals surface area contributed by atoms with E-state index in [0.717, 1.165) is 24.3 Å². The quantitative estimate of drug-likeness (QED) is 0.531. The van der Waals surface area contributed by atoms with Crippen molar-refractivity contribution < 1.29 is 31.1 Å². The van der Waals surface area contributed by atoms with Crippen LogP contribution >= 0.6 is 0 Å². The van der Waals surface area contributed by atoms with Crippen molar-refractivity contribution in [3.63, 3.8) is 0 Å². The Morgan fingerprint density at radius 2 is 1.68 bits per heavy atom. The van der Waals surface area contributed by atoms with Crippen molar-refractivity contribution >= 4 is 5.91 Å². The van der Waals surface area contributed by atoms with E-state index in [2.05, 4.69) is 10.6 Å². The molecule has 0 radical (unpaired) electrons. The molecule has 2 aliphatic rings. The highest BCUT2D eigenvalue weighted by Crippen LogP contribution is 2.56. The van der Waals surface area contributed by atoms with Gasteiger partial charge in [-0.1, -0.05) is 42.5 Å². The van der Waals surface area contributed by atoms with E-state index in [4.69, 9.17) is 0 Å². The Hall–Kier alpha value is -3.06. The molecule has 4 nitrogen and oxygen atoms in total. The maximum atomic E-state index is 15.3. The fraction of sp³-hybridized carbons (Fsp3) is 0.417. The monoisotopic (exact) mass is 481 g/mol. The Bertz CT molecular complexity index is 1090. The van der Waals surface area contributed by atoms with E-state index in [9.17, 15) is 27.6 Å². The number of carbonyl (C=O) groups is 1. The third kappa shape index (κ3) is 4.75. The lowest BCUT2D eigenvalue weighted by Crippen LogP contribution is -2.56. The number of nitrogens with zero attached hydrogens (tertiary/aromatic N) is 1. The van der Waals surface area contributed by atoms with Gasteiger partial charge in [0.05, 0.1) is 12.0 Å². The first-order valence-electron chi connectivity index (χ1n) is 10.7. The van der Waals surface area contributed by atoms with Crippen molar-refractivity contribution in [2.75, 3.05) is 0 Å². The molecule has 0 heterocycles. The molecule has 34 heavy (non-hydrogen) atoms. The number of nitrogens with one attached hydrogen (secondary N) is 2. The van der Waals surface area contributed by atoms with Crippen molar-refractivity contribution in [2.45, 2.75) is 54.9 Å². The van der Waals surface area contributed by atoms with Crippen LogP contribution in [-0.4, -0.2) is 29.1 Å². The maximum Gasteiger partial charge on any atom is 0.407 e. The van der Waals surface area contributed by atoms with Gasteiger partial charge in [0.2, 0.25) is 5.91 Å². The van der Waals surface area contributed by atoms with E-state index < -0.39 is 65.3 Å². The van der Waals surface area contributed by atoms with Gasteiger partial charge in [-0.3, -0.25) is 10.1 Å². The van der Waals surface area contributed by atoms with Gasteiger partial charge in [0.25, 0.3) is 5.92 Å². The molecular weight excluding hydrogens is 460 g/mol. The van der Waals surface area contributed by atoms with Crippen LogP contribution in [0.25, 0.3) is 0 Å². The summed E-state index contributed by atoms with van der Waals surface area (Å²) in [5.74, 6) is -7.07. The number of rotatable bonds is 8. The average molecular weight is 481 g/mol. The minimum Gasteiger partial charge on any atom is -0.336 e. The first-order valence-corrected chi connectivity index (χ1v) is 10.7. The molecule has 2 N–H and O–H groups in total. The molecule has 2 aromatic rings. The smallest absolute Gasteiger partial charge is 0.336 e. The molecule has 0 aliphatic heterocycles. The number of nitriles is 1. The summed E-state index contributed by atoms with van der Waals surface area (Å²) in [6, 6.07) is 10.5. The van der Waals surface area contributed by atoms with Crippen LogP contribution in [0.2, 0.25) is 0 Å². The normalized spacial score (nSPS) is 24.1. The van der Waals surface area contributed by atoms with Gasteiger partial charge in [-0.2, -0.15) is 18.4 Å². The average Bonchev–Trinajstić information content (AvgIpc) is 3.68. The number of hydrogen-bond acceptors (Lipinski definition) is 3. The second-order valence-corrected chi connectivity index (χ2v) is 8.97. The van der Waals surface area contributed by atoms with Crippen LogP contribution < -0.4 is 10.6 Å². The Labute approximate surface area is 192 Å². The lowest BCUT2D eigenvalue weighted by Gasteiger charge is -2.30. The van der Waals surface area contributed by atoms with E-state index in [0.29, 0.717) is 0 Å². The molecule has 0 bridgehead atoms. The zero-order valence-electron chi connectivity index (χ0n) is 17.8. The Morgan fingerprint density at radius 1 is 1.06 bits per heavy atom. The fourth-order valence-corrected chi connectivity index (χ4v) is 4.23. The highest BCUT2D eigenvalue weighted by Gasteiger charge is 2.72. The lowest BCUT2D eigenvalue weighted by molar-refractivity contribution is -0.164. The standard InChI is InChI=1S/C24H21F6N3O/c25-17-8-6-16(7-9-17)19(24(28,29)30)32-22(20(34)33-21(14-31)10-11-21)13-18(22)23(26,27)12-15-4-2-1-3-5-15/h1-9,18-19,32H,10-13H2,(H,33,34)/t18-,19+,22?/m1/s1. The predicted molar refractivity (Wildman–Crippen MR) is 110 cm³/mol. The van der Waals surface area contributed by atoms with Crippen molar-refractivity contribution in [1.82, 2.24) is 10.6 Å². The number of halogens is 6. The summed E-state index contributed by atoms with van der Waals surface area (Å²) >= 11 is 0. The number of hydrogen-bond donors (Lipinski definition) is 2. The van der Waals surface area contributed by atoms with Gasteiger partial charge in [0, 0.05) is 6.42 Å². The number of amides is 1. The van der Waals surface area contributed by atoms with Crippen LogP contribution in [-0.2, 0) is 11.2 Å². The molecule has 2 aromatic carbocycles. The van der Waals surface area contributed by atoms with Crippen molar-refractivity contribution in [1.29, 1.82) is 5.26 Å². The summed E-state index contributed by atoms with van der Waals surface area (Å²) in [6.07, 6.45) is -5.69. The third-order valence-corrected chi connectivity index (χ3v) is 6.41. The maximum absolute atomic E-state index is 15.3. The van der Waals surface area contributed by atoms with Crippen LogP contribution in [0.4, 0.5) is 26.3 Å². The molecule has 2 fully saturated rings. The van der Waals surface area contributed by atoms with Crippen LogP contribution in [0.15, 0.2) is 54.6 Å². The topological polar surface area (TPSA) is 64.9 Å². The van der Waals surface area contributed by atoms with Crippen molar-refractivity contribution in [3.05, 3.63) is 71.5 Å². The molecule has 4 rings (SSSR count). The zero-order chi connectivity index (χ0) is 24.8. The predicted octanol–water partition coefficient (Wildman–Crippen LogP) is 4.83. The summed E-state index contributed by atoms with van der Waals surface area (Å²) in [6.45, 7) is 0. The Morgan fingerprint density at radius 3 is 2.21 bits per heavy atom. The summed E-state index contributed by atoms with van der Waals surface area (Å²) < 4.78 is 85.8. The highest BCUT2D eigenvalue weighted by molar-refractivity contribution is 5.91. The van der Waals surface area contributed by atoms with Crippen molar-refractivity contribution in [2.24, 2.45) is 5.92 Å². The molecule has 10 heteroatoms. The van der Waals surface area contributed by atoms with Crippen LogP contribution in [0.5, 0.6) is 0 Å². The Kier molecular flexibility index (Phi) is 5.88. The fourth-order valence-electron chi connectivity index (χ4n) is 4.23. The molecule has 2 saturated carbocycles. The van der Waals surface area contributed by atoms with Crippen LogP contribution in [0, 0.1) is 23.1 Å². The Balaban J connectivity index is 1.66. The van der Waals surface area contributed by atoms with Gasteiger partial charge in [0.1, 0.15) is 22.9 Å². The minimum atomic E-state index is -4.96. The van der Waals surface area contributed by atoms with Gasteiger partial charge in [0.15, 0.2) is 0 Å². The highest BCUT2D eigenvalue weighted by atomic mass is 19.4. The molecule has 180 valence electrons. The van der Waals surface area contributed by atoms with E-state index in [-0.39, 0.29) is 18.4 Å². The second kappa shape index (κ2) is 8.31. The summed E-state index contributed by atoms with van der Waals surface area (Å²) in [5.41, 5.74) is -3.65. The zero-order valence-corrected chi connectivity index (χ0v) is 17.8. The molecule has 1 unspecified atom stereocenters. The lowest BCUT2D eigenvalue weighted by atomic mass is 9.98. The molecule has 0 aromatic heterocycles. The summed E-state index contributed by atoms with van der Waals surface area (Å²) in [5, 5.41) is 13.8. The molecule has 1 amide bonds. The van der Waals surface area contributed by atoms with E-state index in [1.54, 1.807) is 18.2 Å². The SMILES string of the molecule is N#CC1(NC(=O)C2(N[C@@H](c3ccc(F)cc3)C(F)(F)F)C[C@H]2C(F)(F)Cc2ccccc2)CC1. The van der Waals surface area contributed by atoms with Gasteiger partial charge in [-0.05, 0) is 42.5 Å². The van der Waals surface area contributed by atoms with Crippen LogP contribution in [0.3, 0.4) is 0 Å². The van der Waals surface area contributed by atoms with Gasteiger partial charge in [-0.25, -0.2) is 13.2 Å². The second-order valence-electron chi connectivity index (χ2n) is 8.97. The minimum absolute atomic E-state index is 0.273. The number of carbonyl (C=O) groups excluding carboxylic acids is 1. The van der Waals surface area contributed by atoms with Crippen molar-refractivity contribution in [3.8, 4) is 6.07 Å². The molecule has 0 spiro atoms. The number of alkyl halides is 5. The molecular formula is C24H21F6N3O. The summed E-state index contributed by atoms with van der Waals surface area (Å²) in [7, 11) is 0. The largest absolute Gasteiger partial charge is 0.407 e. The first-order chi connectivity index (χ1) is 15.9. The van der Waals surface area contributed by atoms with E-state index in [1.807, 2.05) is 6.07 Å². The summed E-state index contributed by atoms with van der Waals surface area (Å²) in [4.78, 5) is 13.1. The molecule has 0 saturated heterocycles. The van der Waals surface area contributed by atoms with Crippen LogP contribution in [0.1, 0.15) is 36.4 Å². The van der Waals surface area contributed by atoms with Gasteiger partial charge in [-0.15, -0.1) is 0 Å². The van der Waals surface area contributed by atoms with E-state index >= 15 is 8.78 Å². The molecule has 3 atom stereocenters. The van der Waals surface area contributed by atoms with E-state index in [1.165, 1.54) is 12.1 Å². The van der Waals surface area contributed by atoms with Gasteiger partial charge >= 0.3 is 6.18 Å². The first kappa shape index (κ1) is 24.1. The number of benzene rings is 2.